The number of nitrogen functional groups attached to an aromatic ring is 1. The van der Waals surface area contributed by atoms with E-state index in [0.29, 0.717) is 23.5 Å². The Morgan fingerprint density at radius 3 is 2.81 bits per heavy atom. The number of thiazole rings is 1. The number of amides is 1. The number of carbonyl (C=O) groups is 1. The van der Waals surface area contributed by atoms with E-state index in [-0.39, 0.29) is 18.0 Å². The molecule has 6 nitrogen and oxygen atoms in total. The molecule has 1 amide bonds. The van der Waals surface area contributed by atoms with Crippen LogP contribution in [0, 0.1) is 5.82 Å². The quantitative estimate of drug-likeness (QED) is 0.378. The van der Waals surface area contributed by atoms with Crippen molar-refractivity contribution in [1.82, 2.24) is 14.3 Å². The summed E-state index contributed by atoms with van der Waals surface area (Å²) in [4.78, 5) is 19.7. The molecular formula is C24H25FN4O2S. The van der Waals surface area contributed by atoms with E-state index >= 15 is 4.39 Å². The number of nitrogens with two attached hydrogens (primary N) is 1. The smallest absolute Gasteiger partial charge is 0.410 e. The maximum absolute atomic E-state index is 15.2. The van der Waals surface area contributed by atoms with E-state index in [4.69, 9.17) is 10.5 Å². The summed E-state index contributed by atoms with van der Waals surface area (Å²) in [6.45, 7) is 6.15. The van der Waals surface area contributed by atoms with E-state index in [1.54, 1.807) is 11.0 Å². The summed E-state index contributed by atoms with van der Waals surface area (Å²) in [5, 5.41) is 0. The average Bonchev–Trinajstić information content (AvgIpc) is 3.40. The van der Waals surface area contributed by atoms with Gasteiger partial charge in [-0.15, -0.1) is 0 Å². The molecule has 0 saturated carbocycles. The first-order chi connectivity index (χ1) is 15.2. The Hall–Kier alpha value is -3.13. The minimum atomic E-state index is -0.566. The van der Waals surface area contributed by atoms with Crippen molar-refractivity contribution < 1.29 is 13.9 Å². The fourth-order valence-corrected chi connectivity index (χ4v) is 5.30. The molecule has 1 fully saturated rings. The van der Waals surface area contributed by atoms with Gasteiger partial charge in [0.25, 0.3) is 0 Å². The number of rotatable bonds is 2. The highest BCUT2D eigenvalue weighted by Gasteiger charge is 2.33. The van der Waals surface area contributed by atoms with Crippen LogP contribution in [-0.4, -0.2) is 32.5 Å². The van der Waals surface area contributed by atoms with Crippen molar-refractivity contribution >= 4 is 38.3 Å². The van der Waals surface area contributed by atoms with Crippen LogP contribution in [0.4, 0.5) is 14.9 Å². The predicted molar refractivity (Wildman–Crippen MR) is 125 cm³/mol. The predicted octanol–water partition coefficient (Wildman–Crippen LogP) is 6.01. The second kappa shape index (κ2) is 7.48. The van der Waals surface area contributed by atoms with Crippen molar-refractivity contribution in [2.45, 2.75) is 45.3 Å². The second-order valence-electron chi connectivity index (χ2n) is 9.18. The molecule has 0 aliphatic carbocycles. The molecule has 2 aromatic heterocycles. The number of hydrogen-bond donors (Lipinski definition) is 1. The third-order valence-corrected chi connectivity index (χ3v) is 6.67. The van der Waals surface area contributed by atoms with Crippen LogP contribution in [0.25, 0.3) is 26.4 Å². The molecule has 1 atom stereocenters. The lowest BCUT2D eigenvalue weighted by atomic mass is 10.0. The van der Waals surface area contributed by atoms with Gasteiger partial charge in [0.05, 0.1) is 22.0 Å². The van der Waals surface area contributed by atoms with Gasteiger partial charge in [0.15, 0.2) is 4.96 Å². The zero-order chi connectivity index (χ0) is 22.6. The number of nitrogens with zero attached hydrogens (tertiary/aromatic N) is 3. The van der Waals surface area contributed by atoms with Crippen molar-refractivity contribution in [3.05, 3.63) is 54.0 Å². The molecule has 2 aromatic carbocycles. The molecule has 1 saturated heterocycles. The van der Waals surface area contributed by atoms with Crippen LogP contribution in [-0.2, 0) is 4.74 Å². The first-order valence-corrected chi connectivity index (χ1v) is 11.5. The maximum Gasteiger partial charge on any atom is 0.410 e. The molecule has 0 bridgehead atoms. The van der Waals surface area contributed by atoms with Crippen molar-refractivity contribution in [1.29, 1.82) is 0 Å². The Balaban J connectivity index is 1.45. The SMILES string of the molecule is CC(C)(C)OC(=O)N1CCCC1c1ccc(-c2cn3c(n2)sc2cc(N)ccc23)c(F)c1. The second-order valence-corrected chi connectivity index (χ2v) is 10.2. The van der Waals surface area contributed by atoms with Gasteiger partial charge < -0.3 is 15.4 Å². The standard InChI is InChI=1S/C24H25FN4O2S/c1-24(2,3)31-23(30)28-10-4-5-19(28)14-6-8-16(17(25)11-14)18-13-29-20-9-7-15(26)12-21(20)32-22(29)27-18/h6-9,11-13,19H,4-5,10,26H2,1-3H3. The van der Waals surface area contributed by atoms with E-state index in [1.165, 1.54) is 17.4 Å². The molecule has 1 aliphatic heterocycles. The Morgan fingerprint density at radius 2 is 2.06 bits per heavy atom. The first kappa shape index (κ1) is 20.8. The van der Waals surface area contributed by atoms with Crippen LogP contribution < -0.4 is 5.73 Å². The van der Waals surface area contributed by atoms with Gasteiger partial charge in [-0.05, 0) is 69.5 Å². The molecule has 8 heteroatoms. The van der Waals surface area contributed by atoms with Crippen LogP contribution in [0.5, 0.6) is 0 Å². The minimum absolute atomic E-state index is 0.187. The van der Waals surface area contributed by atoms with Crippen LogP contribution in [0.2, 0.25) is 0 Å². The number of anilines is 1. The van der Waals surface area contributed by atoms with Gasteiger partial charge in [0.1, 0.15) is 11.4 Å². The van der Waals surface area contributed by atoms with Crippen LogP contribution in [0.3, 0.4) is 0 Å². The summed E-state index contributed by atoms with van der Waals surface area (Å²) in [5.74, 6) is -0.349. The lowest BCUT2D eigenvalue weighted by Gasteiger charge is -2.29. The molecule has 0 spiro atoms. The van der Waals surface area contributed by atoms with E-state index in [2.05, 4.69) is 4.98 Å². The molecule has 3 heterocycles. The zero-order valence-corrected chi connectivity index (χ0v) is 19.1. The number of halogens is 1. The molecule has 4 aromatic rings. The number of benzene rings is 2. The molecule has 32 heavy (non-hydrogen) atoms. The van der Waals surface area contributed by atoms with Gasteiger partial charge in [-0.3, -0.25) is 4.40 Å². The molecule has 0 radical (unpaired) electrons. The number of carbonyl (C=O) groups excluding carboxylic acids is 1. The first-order valence-electron chi connectivity index (χ1n) is 10.7. The van der Waals surface area contributed by atoms with Gasteiger partial charge in [0, 0.05) is 24.0 Å². The Kier molecular flexibility index (Phi) is 4.85. The Labute approximate surface area is 189 Å². The Morgan fingerprint density at radius 1 is 1.25 bits per heavy atom. The van der Waals surface area contributed by atoms with Crippen molar-refractivity contribution in [3.8, 4) is 11.3 Å². The zero-order valence-electron chi connectivity index (χ0n) is 18.3. The van der Waals surface area contributed by atoms with Gasteiger partial charge in [0.2, 0.25) is 0 Å². The van der Waals surface area contributed by atoms with Crippen LogP contribution in [0.15, 0.2) is 42.6 Å². The maximum atomic E-state index is 15.2. The van der Waals surface area contributed by atoms with Crippen molar-refractivity contribution in [2.24, 2.45) is 0 Å². The molecule has 1 unspecified atom stereocenters. The van der Waals surface area contributed by atoms with E-state index < -0.39 is 5.60 Å². The number of imidazole rings is 1. The average molecular weight is 453 g/mol. The van der Waals surface area contributed by atoms with E-state index in [0.717, 1.165) is 33.6 Å². The van der Waals surface area contributed by atoms with Gasteiger partial charge in [-0.2, -0.15) is 0 Å². The highest BCUT2D eigenvalue weighted by atomic mass is 32.1. The summed E-state index contributed by atoms with van der Waals surface area (Å²) in [5.41, 5.74) is 8.80. The number of fused-ring (bicyclic) bond motifs is 3. The summed E-state index contributed by atoms with van der Waals surface area (Å²) in [7, 11) is 0. The third kappa shape index (κ3) is 3.68. The minimum Gasteiger partial charge on any atom is -0.444 e. The highest BCUT2D eigenvalue weighted by Crippen LogP contribution is 2.36. The number of hydrogen-bond acceptors (Lipinski definition) is 5. The molecule has 166 valence electrons. The summed E-state index contributed by atoms with van der Waals surface area (Å²) < 4.78 is 23.7. The molecular weight excluding hydrogens is 427 g/mol. The van der Waals surface area contributed by atoms with Gasteiger partial charge >= 0.3 is 6.09 Å². The summed E-state index contributed by atoms with van der Waals surface area (Å²) >= 11 is 1.52. The van der Waals surface area contributed by atoms with Crippen LogP contribution in [0.1, 0.15) is 45.2 Å². The van der Waals surface area contributed by atoms with Gasteiger partial charge in [-0.1, -0.05) is 17.4 Å². The monoisotopic (exact) mass is 452 g/mol. The van der Waals surface area contributed by atoms with E-state index in [1.807, 2.05) is 55.6 Å². The normalized spacial score (nSPS) is 16.9. The van der Waals surface area contributed by atoms with Gasteiger partial charge in [-0.25, -0.2) is 14.2 Å². The molecule has 1 aliphatic rings. The Bertz CT molecular complexity index is 1340. The third-order valence-electron chi connectivity index (χ3n) is 5.65. The van der Waals surface area contributed by atoms with E-state index in [9.17, 15) is 4.79 Å². The molecule has 2 N–H and O–H groups in total. The highest BCUT2D eigenvalue weighted by molar-refractivity contribution is 7.23. The lowest BCUT2D eigenvalue weighted by Crippen LogP contribution is -2.36. The number of aromatic nitrogens is 2. The summed E-state index contributed by atoms with van der Waals surface area (Å²) in [6, 6.07) is 10.7. The number of ether oxygens (including phenoxy) is 1. The lowest BCUT2D eigenvalue weighted by molar-refractivity contribution is 0.0224. The fraction of sp³-hybridized carbons (Fsp3) is 0.333. The molecule has 5 rings (SSSR count). The topological polar surface area (TPSA) is 72.9 Å². The van der Waals surface area contributed by atoms with Crippen molar-refractivity contribution in [3.63, 3.8) is 0 Å². The largest absolute Gasteiger partial charge is 0.444 e. The van der Waals surface area contributed by atoms with Crippen LogP contribution >= 0.6 is 11.3 Å². The fourth-order valence-electron chi connectivity index (χ4n) is 4.25. The summed E-state index contributed by atoms with van der Waals surface area (Å²) in [6.07, 6.45) is 3.15. The number of likely N-dealkylation sites (tertiary alicyclic amines) is 1. The van der Waals surface area contributed by atoms with Crippen molar-refractivity contribution in [2.75, 3.05) is 12.3 Å².